The van der Waals surface area contributed by atoms with Crippen LogP contribution in [0.2, 0.25) is 0 Å². The van der Waals surface area contributed by atoms with E-state index < -0.39 is 0 Å². The van der Waals surface area contributed by atoms with E-state index in [0.29, 0.717) is 11.2 Å². The van der Waals surface area contributed by atoms with E-state index in [2.05, 4.69) is 10.3 Å². The molecule has 0 aliphatic heterocycles. The molecule has 1 aromatic heterocycles. The second-order valence-electron chi connectivity index (χ2n) is 4.62. The molecule has 6 heteroatoms. The Labute approximate surface area is 116 Å². The molecule has 4 nitrogen and oxygen atoms in total. The van der Waals surface area contributed by atoms with Crippen LogP contribution in [0.3, 0.4) is 0 Å². The fourth-order valence-electron chi connectivity index (χ4n) is 2.12. The minimum atomic E-state index is -0.0909. The predicted molar refractivity (Wildman–Crippen MR) is 76.9 cm³/mol. The molecule has 100 valence electrons. The van der Waals surface area contributed by atoms with Gasteiger partial charge >= 0.3 is 0 Å². The number of hydrogen-bond donors (Lipinski definition) is 2. The zero-order valence-corrected chi connectivity index (χ0v) is 12.1. The van der Waals surface area contributed by atoms with Crippen molar-refractivity contribution < 1.29 is 4.79 Å². The largest absolute Gasteiger partial charge is 0.375 e. The Morgan fingerprint density at radius 2 is 2.28 bits per heavy atom. The number of aromatic nitrogens is 1. The lowest BCUT2D eigenvalue weighted by Crippen LogP contribution is -2.40. The average Bonchev–Trinajstić information content (AvgIpc) is 2.76. The van der Waals surface area contributed by atoms with Crippen molar-refractivity contribution in [2.45, 2.75) is 54.5 Å². The third kappa shape index (κ3) is 3.88. The molecule has 18 heavy (non-hydrogen) atoms. The Morgan fingerprint density at radius 3 is 2.89 bits per heavy atom. The van der Waals surface area contributed by atoms with Gasteiger partial charge < -0.3 is 11.1 Å². The van der Waals surface area contributed by atoms with Gasteiger partial charge in [-0.25, -0.2) is 4.98 Å². The van der Waals surface area contributed by atoms with Crippen molar-refractivity contribution in [1.29, 1.82) is 0 Å². The first-order chi connectivity index (χ1) is 8.65. The number of nitrogen functional groups attached to an aromatic ring is 1. The van der Waals surface area contributed by atoms with E-state index in [9.17, 15) is 4.79 Å². The number of carbonyl (C=O) groups excluding carboxylic acids is 1. The lowest BCUT2D eigenvalue weighted by molar-refractivity contribution is -0.121. The Morgan fingerprint density at radius 1 is 1.56 bits per heavy atom. The number of thioether (sulfide) groups is 1. The van der Waals surface area contributed by atoms with Crippen molar-refractivity contribution >= 4 is 34.1 Å². The highest BCUT2D eigenvalue weighted by molar-refractivity contribution is 8.02. The summed E-state index contributed by atoms with van der Waals surface area (Å²) in [4.78, 5) is 16.0. The Kier molecular flexibility index (Phi) is 4.88. The summed E-state index contributed by atoms with van der Waals surface area (Å²) >= 11 is 2.95. The number of hydrogen-bond acceptors (Lipinski definition) is 5. The highest BCUT2D eigenvalue weighted by Crippen LogP contribution is 2.30. The molecule has 1 saturated carbocycles. The van der Waals surface area contributed by atoms with Crippen LogP contribution in [0.1, 0.15) is 39.0 Å². The quantitative estimate of drug-likeness (QED) is 0.835. The standard InChI is InChI=1S/C12H19N3OS2/c1-8(17-10-7-14-12(13)18-10)11(16)15-9-5-3-2-4-6-9/h7-9H,2-6H2,1H3,(H2,13,14)(H,15,16). The summed E-state index contributed by atoms with van der Waals surface area (Å²) in [6.07, 6.45) is 7.74. The van der Waals surface area contributed by atoms with Crippen molar-refractivity contribution in [2.24, 2.45) is 0 Å². The number of anilines is 1. The fraction of sp³-hybridized carbons (Fsp3) is 0.667. The molecule has 0 radical (unpaired) electrons. The molecule has 0 aromatic carbocycles. The first-order valence-electron chi connectivity index (χ1n) is 6.33. The Hall–Kier alpha value is -0.750. The first-order valence-corrected chi connectivity index (χ1v) is 8.03. The van der Waals surface area contributed by atoms with Crippen LogP contribution in [0.5, 0.6) is 0 Å². The molecular formula is C12H19N3OS2. The minimum Gasteiger partial charge on any atom is -0.375 e. The first kappa shape index (κ1) is 13.7. The van der Waals surface area contributed by atoms with Gasteiger partial charge in [0.25, 0.3) is 0 Å². The van der Waals surface area contributed by atoms with Crippen molar-refractivity contribution in [1.82, 2.24) is 10.3 Å². The topological polar surface area (TPSA) is 68.0 Å². The van der Waals surface area contributed by atoms with E-state index in [1.807, 2.05) is 6.92 Å². The van der Waals surface area contributed by atoms with E-state index in [1.54, 1.807) is 6.20 Å². The lowest BCUT2D eigenvalue weighted by Gasteiger charge is -2.24. The van der Waals surface area contributed by atoms with E-state index in [1.165, 1.54) is 42.4 Å². The molecule has 1 aliphatic rings. The van der Waals surface area contributed by atoms with Crippen molar-refractivity contribution in [3.05, 3.63) is 6.20 Å². The van der Waals surface area contributed by atoms with Crippen LogP contribution < -0.4 is 11.1 Å². The van der Waals surface area contributed by atoms with Gasteiger partial charge in [0, 0.05) is 6.04 Å². The number of thiazole rings is 1. The number of rotatable bonds is 4. The maximum atomic E-state index is 12.0. The van der Waals surface area contributed by atoms with Gasteiger partial charge in [-0.15, -0.1) is 11.8 Å². The van der Waals surface area contributed by atoms with Gasteiger partial charge in [0.15, 0.2) is 5.13 Å². The average molecular weight is 285 g/mol. The third-order valence-electron chi connectivity index (χ3n) is 3.12. The van der Waals surface area contributed by atoms with Gasteiger partial charge in [0.2, 0.25) is 5.91 Å². The molecule has 0 bridgehead atoms. The number of nitrogens with one attached hydrogen (secondary N) is 1. The summed E-state index contributed by atoms with van der Waals surface area (Å²) in [6.45, 7) is 1.93. The second-order valence-corrected chi connectivity index (χ2v) is 7.32. The van der Waals surface area contributed by atoms with Gasteiger partial charge in [0.1, 0.15) is 0 Å². The predicted octanol–water partition coefficient (Wildman–Crippen LogP) is 2.65. The number of nitrogens with two attached hydrogens (primary N) is 1. The number of amides is 1. The smallest absolute Gasteiger partial charge is 0.233 e. The number of nitrogens with zero attached hydrogens (tertiary/aromatic N) is 1. The van der Waals surface area contributed by atoms with Gasteiger partial charge in [-0.05, 0) is 19.8 Å². The zero-order chi connectivity index (χ0) is 13.0. The molecule has 1 amide bonds. The van der Waals surface area contributed by atoms with E-state index in [4.69, 9.17) is 5.73 Å². The van der Waals surface area contributed by atoms with Gasteiger partial charge in [0.05, 0.1) is 15.7 Å². The summed E-state index contributed by atoms with van der Waals surface area (Å²) in [7, 11) is 0. The van der Waals surface area contributed by atoms with Gasteiger partial charge in [-0.3, -0.25) is 4.79 Å². The minimum absolute atomic E-state index is 0.0909. The monoisotopic (exact) mass is 285 g/mol. The van der Waals surface area contributed by atoms with Crippen LogP contribution in [0.15, 0.2) is 10.4 Å². The summed E-state index contributed by atoms with van der Waals surface area (Å²) < 4.78 is 0.999. The molecule has 1 fully saturated rings. The second kappa shape index (κ2) is 6.43. The Balaban J connectivity index is 1.80. The summed E-state index contributed by atoms with van der Waals surface area (Å²) in [6, 6.07) is 0.376. The van der Waals surface area contributed by atoms with Crippen LogP contribution in [-0.4, -0.2) is 22.2 Å². The molecule has 1 aliphatic carbocycles. The maximum absolute atomic E-state index is 12.0. The van der Waals surface area contributed by atoms with Crippen molar-refractivity contribution in [2.75, 3.05) is 5.73 Å². The molecule has 0 spiro atoms. The molecule has 1 aromatic rings. The van der Waals surface area contributed by atoms with Crippen LogP contribution in [0.4, 0.5) is 5.13 Å². The van der Waals surface area contributed by atoms with E-state index in [0.717, 1.165) is 17.1 Å². The molecule has 1 atom stereocenters. The van der Waals surface area contributed by atoms with Crippen molar-refractivity contribution in [3.8, 4) is 0 Å². The van der Waals surface area contributed by atoms with E-state index >= 15 is 0 Å². The lowest BCUT2D eigenvalue weighted by atomic mass is 9.95. The van der Waals surface area contributed by atoms with Crippen LogP contribution in [0.25, 0.3) is 0 Å². The highest BCUT2D eigenvalue weighted by Gasteiger charge is 2.20. The van der Waals surface area contributed by atoms with Gasteiger partial charge in [-0.2, -0.15) is 0 Å². The van der Waals surface area contributed by atoms with Crippen LogP contribution in [-0.2, 0) is 4.79 Å². The summed E-state index contributed by atoms with van der Waals surface area (Å²) in [5.41, 5.74) is 5.57. The molecule has 1 heterocycles. The SMILES string of the molecule is CC(Sc1cnc(N)s1)C(=O)NC1CCCCC1. The third-order valence-corrected chi connectivity index (χ3v) is 5.18. The Bertz CT molecular complexity index is 402. The van der Waals surface area contributed by atoms with Crippen LogP contribution in [0, 0.1) is 0 Å². The molecule has 1 unspecified atom stereocenters. The van der Waals surface area contributed by atoms with Gasteiger partial charge in [-0.1, -0.05) is 30.6 Å². The van der Waals surface area contributed by atoms with Crippen molar-refractivity contribution in [3.63, 3.8) is 0 Å². The number of carbonyl (C=O) groups is 1. The molecule has 3 N–H and O–H groups in total. The summed E-state index contributed by atoms with van der Waals surface area (Å²) in [5.74, 6) is 0.124. The fourth-order valence-corrected chi connectivity index (χ4v) is 4.06. The molecule has 2 rings (SSSR count). The maximum Gasteiger partial charge on any atom is 0.233 e. The highest BCUT2D eigenvalue weighted by atomic mass is 32.2. The molecular weight excluding hydrogens is 266 g/mol. The zero-order valence-electron chi connectivity index (χ0n) is 10.5. The normalized spacial score (nSPS) is 18.5. The summed E-state index contributed by atoms with van der Waals surface area (Å²) in [5, 5.41) is 3.60. The van der Waals surface area contributed by atoms with Crippen LogP contribution >= 0.6 is 23.1 Å². The molecule has 0 saturated heterocycles. The van der Waals surface area contributed by atoms with E-state index in [-0.39, 0.29) is 11.2 Å².